The molecule has 3 N–H and O–H groups in total. The Bertz CT molecular complexity index is 1250. The summed E-state index contributed by atoms with van der Waals surface area (Å²) in [4.78, 5) is 45.1. The van der Waals surface area contributed by atoms with Gasteiger partial charge in [0.2, 0.25) is 5.91 Å². The molecule has 4 rings (SSSR count). The highest BCUT2D eigenvalue weighted by atomic mass is 16.2. The molecule has 0 spiro atoms. The number of carbonyl (C=O) groups excluding carboxylic acids is 1. The Labute approximate surface area is 177 Å². The molecule has 4 aromatic rings. The zero-order chi connectivity index (χ0) is 21.6. The van der Waals surface area contributed by atoms with Gasteiger partial charge in [-0.3, -0.25) is 19.1 Å². The molecule has 10 heteroatoms. The number of aromatic nitrogens is 6. The first-order chi connectivity index (χ1) is 15.1. The molecule has 0 saturated carbocycles. The van der Waals surface area contributed by atoms with Gasteiger partial charge in [0.1, 0.15) is 6.54 Å². The topological polar surface area (TPSA) is 130 Å². The summed E-state index contributed by atoms with van der Waals surface area (Å²) in [6, 6.07) is 9.37. The Balaban J connectivity index is 1.37. The fourth-order valence-corrected chi connectivity index (χ4v) is 3.09. The second-order valence-corrected chi connectivity index (χ2v) is 6.99. The Morgan fingerprint density at radius 1 is 1.13 bits per heavy atom. The number of aryl methyl sites for hydroxylation is 1. The second kappa shape index (κ2) is 9.16. The van der Waals surface area contributed by atoms with Crippen LogP contribution in [0.5, 0.6) is 0 Å². The zero-order valence-corrected chi connectivity index (χ0v) is 17.0. The Morgan fingerprint density at radius 2 is 2.03 bits per heavy atom. The van der Waals surface area contributed by atoms with Gasteiger partial charge in [0.05, 0.1) is 24.1 Å². The van der Waals surface area contributed by atoms with E-state index in [1.807, 2.05) is 30.3 Å². The Hall–Kier alpha value is -4.08. The van der Waals surface area contributed by atoms with Gasteiger partial charge in [0.25, 0.3) is 5.56 Å². The number of hydrogen-bond donors (Lipinski definition) is 3. The average molecular weight is 418 g/mol. The van der Waals surface area contributed by atoms with E-state index in [9.17, 15) is 9.59 Å². The number of nitrogens with zero attached hydrogens (tertiary/aromatic N) is 5. The number of fused-ring (bicyclic) bond motifs is 1. The number of aromatic amines is 1. The minimum Gasteiger partial charge on any atom is -0.365 e. The number of H-pyrrole nitrogens is 1. The summed E-state index contributed by atoms with van der Waals surface area (Å²) in [5.41, 5.74) is 3.29. The molecule has 158 valence electrons. The van der Waals surface area contributed by atoms with Crippen LogP contribution in [0.1, 0.15) is 17.1 Å². The monoisotopic (exact) mass is 418 g/mol. The van der Waals surface area contributed by atoms with Crippen molar-refractivity contribution in [2.45, 2.75) is 26.4 Å². The van der Waals surface area contributed by atoms with Crippen LogP contribution in [-0.4, -0.2) is 41.9 Å². The highest BCUT2D eigenvalue weighted by molar-refractivity contribution is 5.76. The first-order valence-corrected chi connectivity index (χ1v) is 9.86. The number of amides is 1. The minimum atomic E-state index is -0.341. The summed E-state index contributed by atoms with van der Waals surface area (Å²) < 4.78 is 1.40. The van der Waals surface area contributed by atoms with E-state index in [2.05, 4.69) is 35.6 Å². The van der Waals surface area contributed by atoms with E-state index in [-0.39, 0.29) is 30.4 Å². The average Bonchev–Trinajstić information content (AvgIpc) is 3.25. The quantitative estimate of drug-likeness (QED) is 0.392. The summed E-state index contributed by atoms with van der Waals surface area (Å²) in [7, 11) is 0. The van der Waals surface area contributed by atoms with Gasteiger partial charge in [0, 0.05) is 36.7 Å². The van der Waals surface area contributed by atoms with Gasteiger partial charge in [-0.2, -0.15) is 0 Å². The van der Waals surface area contributed by atoms with Crippen LogP contribution in [0.4, 0.5) is 5.82 Å². The van der Waals surface area contributed by atoms with E-state index >= 15 is 0 Å². The second-order valence-electron chi connectivity index (χ2n) is 6.99. The fraction of sp³-hybridized carbons (Fsp3) is 0.238. The molecule has 0 saturated heterocycles. The maximum absolute atomic E-state index is 12.8. The van der Waals surface area contributed by atoms with Crippen LogP contribution in [0, 0.1) is 6.92 Å². The van der Waals surface area contributed by atoms with Crippen LogP contribution in [-0.2, 0) is 24.3 Å². The highest BCUT2D eigenvalue weighted by Crippen LogP contribution is 2.07. The molecule has 4 aromatic heterocycles. The Kier molecular flexibility index (Phi) is 5.97. The van der Waals surface area contributed by atoms with E-state index < -0.39 is 0 Å². The predicted octanol–water partition coefficient (Wildman–Crippen LogP) is 1.19. The zero-order valence-electron chi connectivity index (χ0n) is 17.0. The third kappa shape index (κ3) is 4.92. The standard InChI is InChI=1S/C21H22N8O2/c1-14-10-25-20(23-9-7-15-4-2-3-8-22-15)21(31)29(14)12-18(30)24-11-16-5-6-17-19(28-16)27-13-26-17/h2-6,8,10,13H,7,9,11-12H2,1H3,(H,23,25)(H,24,30)(H,26,27,28). The number of anilines is 1. The minimum absolute atomic E-state index is 0.104. The lowest BCUT2D eigenvalue weighted by Gasteiger charge is -2.12. The molecule has 0 unspecified atom stereocenters. The van der Waals surface area contributed by atoms with Gasteiger partial charge in [-0.25, -0.2) is 15.0 Å². The number of hydrogen-bond acceptors (Lipinski definition) is 7. The normalized spacial score (nSPS) is 10.9. The molecule has 0 fully saturated rings. The van der Waals surface area contributed by atoms with Crippen LogP contribution in [0.25, 0.3) is 11.2 Å². The summed E-state index contributed by atoms with van der Waals surface area (Å²) >= 11 is 0. The SMILES string of the molecule is Cc1cnc(NCCc2ccccn2)c(=O)n1CC(=O)NCc1ccc2[nH]cnc2n1. The van der Waals surface area contributed by atoms with Crippen molar-refractivity contribution in [3.05, 3.63) is 76.5 Å². The molecule has 0 aromatic carbocycles. The van der Waals surface area contributed by atoms with Gasteiger partial charge in [-0.1, -0.05) is 6.07 Å². The van der Waals surface area contributed by atoms with Crippen LogP contribution in [0.3, 0.4) is 0 Å². The largest absolute Gasteiger partial charge is 0.365 e. The lowest BCUT2D eigenvalue weighted by atomic mass is 10.3. The van der Waals surface area contributed by atoms with Crippen molar-refractivity contribution >= 4 is 22.9 Å². The summed E-state index contributed by atoms with van der Waals surface area (Å²) in [5, 5.41) is 5.83. The maximum atomic E-state index is 12.8. The maximum Gasteiger partial charge on any atom is 0.293 e. The molecular formula is C21H22N8O2. The molecule has 1 amide bonds. The Morgan fingerprint density at radius 3 is 2.87 bits per heavy atom. The van der Waals surface area contributed by atoms with Crippen LogP contribution >= 0.6 is 0 Å². The van der Waals surface area contributed by atoms with Gasteiger partial charge in [-0.05, 0) is 31.2 Å². The van der Waals surface area contributed by atoms with Gasteiger partial charge >= 0.3 is 0 Å². The summed E-state index contributed by atoms with van der Waals surface area (Å²) in [5.74, 6) is -0.0836. The van der Waals surface area contributed by atoms with E-state index in [1.54, 1.807) is 25.6 Å². The molecule has 31 heavy (non-hydrogen) atoms. The first kappa shape index (κ1) is 20.2. The number of pyridine rings is 2. The molecule has 0 bridgehead atoms. The van der Waals surface area contributed by atoms with Crippen molar-refractivity contribution in [1.82, 2.24) is 34.8 Å². The van der Waals surface area contributed by atoms with E-state index in [1.165, 1.54) is 4.57 Å². The van der Waals surface area contributed by atoms with E-state index in [0.717, 1.165) is 11.2 Å². The molecule has 0 atom stereocenters. The highest BCUT2D eigenvalue weighted by Gasteiger charge is 2.12. The van der Waals surface area contributed by atoms with Gasteiger partial charge in [-0.15, -0.1) is 0 Å². The van der Waals surface area contributed by atoms with Crippen molar-refractivity contribution < 1.29 is 4.79 Å². The third-order valence-electron chi connectivity index (χ3n) is 4.76. The molecule has 0 aliphatic rings. The lowest BCUT2D eigenvalue weighted by molar-refractivity contribution is -0.121. The number of carbonyl (C=O) groups is 1. The summed E-state index contributed by atoms with van der Waals surface area (Å²) in [6.07, 6.45) is 5.53. The van der Waals surface area contributed by atoms with Crippen molar-refractivity contribution in [1.29, 1.82) is 0 Å². The van der Waals surface area contributed by atoms with Gasteiger partial charge < -0.3 is 15.6 Å². The fourth-order valence-electron chi connectivity index (χ4n) is 3.09. The van der Waals surface area contributed by atoms with Crippen molar-refractivity contribution in [2.24, 2.45) is 0 Å². The van der Waals surface area contributed by atoms with Crippen LogP contribution in [0.2, 0.25) is 0 Å². The van der Waals surface area contributed by atoms with E-state index in [0.29, 0.717) is 30.0 Å². The third-order valence-corrected chi connectivity index (χ3v) is 4.76. The first-order valence-electron chi connectivity index (χ1n) is 9.86. The van der Waals surface area contributed by atoms with Crippen molar-refractivity contribution in [3.8, 4) is 0 Å². The molecular weight excluding hydrogens is 396 g/mol. The van der Waals surface area contributed by atoms with E-state index in [4.69, 9.17) is 0 Å². The van der Waals surface area contributed by atoms with Crippen molar-refractivity contribution in [2.75, 3.05) is 11.9 Å². The van der Waals surface area contributed by atoms with Crippen molar-refractivity contribution in [3.63, 3.8) is 0 Å². The predicted molar refractivity (Wildman–Crippen MR) is 115 cm³/mol. The number of nitrogens with one attached hydrogen (secondary N) is 3. The smallest absolute Gasteiger partial charge is 0.293 e. The molecule has 10 nitrogen and oxygen atoms in total. The summed E-state index contributed by atoms with van der Waals surface area (Å²) in [6.45, 7) is 2.39. The molecule has 0 aliphatic heterocycles. The molecule has 0 radical (unpaired) electrons. The number of rotatable bonds is 8. The molecule has 0 aliphatic carbocycles. The van der Waals surface area contributed by atoms with Crippen LogP contribution < -0.4 is 16.2 Å². The van der Waals surface area contributed by atoms with Gasteiger partial charge in [0.15, 0.2) is 11.5 Å². The number of imidazole rings is 1. The lowest BCUT2D eigenvalue weighted by Crippen LogP contribution is -2.34. The van der Waals surface area contributed by atoms with Crippen LogP contribution in [0.15, 0.2) is 53.8 Å². The molecule has 4 heterocycles.